The summed E-state index contributed by atoms with van der Waals surface area (Å²) in [6.07, 6.45) is 12.7. The molecule has 1 saturated carbocycles. The summed E-state index contributed by atoms with van der Waals surface area (Å²) in [5.41, 5.74) is 2.66. The van der Waals surface area contributed by atoms with E-state index >= 15 is 0 Å². The molecule has 38 heavy (non-hydrogen) atoms. The van der Waals surface area contributed by atoms with Gasteiger partial charge in [-0.1, -0.05) is 99.0 Å². The minimum absolute atomic E-state index is 0.233. The summed E-state index contributed by atoms with van der Waals surface area (Å²) in [6.45, 7) is 5.63. The highest BCUT2D eigenvalue weighted by Gasteiger charge is 2.27. The molecule has 2 aliphatic rings. The molecule has 1 unspecified atom stereocenters. The molecule has 0 aromatic heterocycles. The third-order valence-electron chi connectivity index (χ3n) is 7.88. The highest BCUT2D eigenvalue weighted by Crippen LogP contribution is 2.30. The first-order chi connectivity index (χ1) is 18.5. The van der Waals surface area contributed by atoms with Crippen molar-refractivity contribution in [1.29, 1.82) is 0 Å². The largest absolute Gasteiger partial charge is 0.301 e. The van der Waals surface area contributed by atoms with Crippen molar-refractivity contribution in [3.63, 3.8) is 0 Å². The van der Waals surface area contributed by atoms with Gasteiger partial charge in [-0.2, -0.15) is 0 Å². The Morgan fingerprint density at radius 1 is 0.737 bits per heavy atom. The molecule has 1 atom stereocenters. The van der Waals surface area contributed by atoms with Gasteiger partial charge in [-0.3, -0.25) is 4.90 Å². The summed E-state index contributed by atoms with van der Waals surface area (Å²) in [7, 11) is -3.03. The Bertz CT molecular complexity index is 1040. The summed E-state index contributed by atoms with van der Waals surface area (Å²) >= 11 is 6.17. The number of benzene rings is 2. The highest BCUT2D eigenvalue weighted by molar-refractivity contribution is 7.89. The predicted octanol–water partition coefficient (Wildman–Crippen LogP) is 6.64. The molecule has 1 aliphatic carbocycles. The molecule has 0 radical (unpaired) electrons. The molecule has 210 valence electrons. The van der Waals surface area contributed by atoms with Crippen molar-refractivity contribution < 1.29 is 8.42 Å². The van der Waals surface area contributed by atoms with Crippen molar-refractivity contribution in [3.8, 4) is 0 Å². The van der Waals surface area contributed by atoms with Gasteiger partial charge in [0.15, 0.2) is 0 Å². The van der Waals surface area contributed by atoms with Crippen LogP contribution < -0.4 is 4.72 Å². The smallest absolute Gasteiger partial charge is 0.211 e. The van der Waals surface area contributed by atoms with E-state index in [1.165, 1.54) is 56.2 Å². The molecule has 1 heterocycles. The van der Waals surface area contributed by atoms with Crippen LogP contribution in [0.3, 0.4) is 0 Å². The lowest BCUT2D eigenvalue weighted by Gasteiger charge is -2.40. The maximum atomic E-state index is 11.9. The van der Waals surface area contributed by atoms with Crippen LogP contribution in [0.2, 0.25) is 5.02 Å². The number of nitrogens with zero attached hydrogens (tertiary/aromatic N) is 2. The van der Waals surface area contributed by atoms with Crippen LogP contribution in [0.5, 0.6) is 0 Å². The third-order valence-corrected chi connectivity index (χ3v) is 9.65. The lowest BCUT2D eigenvalue weighted by Crippen LogP contribution is -2.48. The van der Waals surface area contributed by atoms with Gasteiger partial charge in [-0.05, 0) is 55.5 Å². The van der Waals surface area contributed by atoms with E-state index in [0.29, 0.717) is 5.75 Å². The van der Waals surface area contributed by atoms with Gasteiger partial charge in [0.2, 0.25) is 10.0 Å². The Morgan fingerprint density at radius 2 is 1.29 bits per heavy atom. The molecule has 2 fully saturated rings. The van der Waals surface area contributed by atoms with E-state index in [1.54, 1.807) is 0 Å². The molecule has 1 N–H and O–H groups in total. The first-order valence-corrected chi connectivity index (χ1v) is 16.8. The Morgan fingerprint density at radius 3 is 1.89 bits per heavy atom. The van der Waals surface area contributed by atoms with Crippen LogP contribution in [-0.2, 0) is 10.0 Å². The zero-order valence-electron chi connectivity index (χ0n) is 22.9. The SMILES string of the molecule is O=S(=O)(CCCCCCCCCCCN1CCN(C(c2ccccc2)c2ccc(Cl)cc2)CC1)NC1CC1. The van der Waals surface area contributed by atoms with Crippen molar-refractivity contribution in [2.75, 3.05) is 38.5 Å². The van der Waals surface area contributed by atoms with E-state index in [1.807, 2.05) is 12.1 Å². The van der Waals surface area contributed by atoms with Crippen LogP contribution in [0.15, 0.2) is 54.6 Å². The van der Waals surface area contributed by atoms with Gasteiger partial charge in [-0.15, -0.1) is 0 Å². The Kier molecular flexibility index (Phi) is 12.0. The van der Waals surface area contributed by atoms with Crippen LogP contribution in [0.25, 0.3) is 0 Å². The molecular formula is C31H46ClN3O2S. The van der Waals surface area contributed by atoms with Gasteiger partial charge in [-0.25, -0.2) is 13.1 Å². The number of halogens is 1. The lowest BCUT2D eigenvalue weighted by molar-refractivity contribution is 0.108. The summed E-state index contributed by atoms with van der Waals surface area (Å²) in [4.78, 5) is 5.25. The van der Waals surface area contributed by atoms with Crippen LogP contribution >= 0.6 is 11.6 Å². The minimum atomic E-state index is -3.03. The maximum Gasteiger partial charge on any atom is 0.211 e. The molecule has 7 heteroatoms. The summed E-state index contributed by atoms with van der Waals surface area (Å²) in [5, 5.41) is 0.787. The number of nitrogens with one attached hydrogen (secondary N) is 1. The van der Waals surface area contributed by atoms with E-state index in [4.69, 9.17) is 11.6 Å². The van der Waals surface area contributed by atoms with Gasteiger partial charge in [0.25, 0.3) is 0 Å². The van der Waals surface area contributed by atoms with Crippen molar-refractivity contribution in [1.82, 2.24) is 14.5 Å². The normalized spacial score (nSPS) is 18.0. The Balaban J connectivity index is 1.05. The molecule has 0 amide bonds. The lowest BCUT2D eigenvalue weighted by atomic mass is 9.96. The number of hydrogen-bond donors (Lipinski definition) is 1. The molecule has 0 bridgehead atoms. The standard InChI is InChI=1S/C31H46ClN3O2S/c32-29-17-15-28(16-18-29)31(27-13-9-8-10-14-27)35-24-22-34(23-25-35)21-11-6-4-2-1-3-5-7-12-26-38(36,37)33-30-19-20-30/h8-10,13-18,30-31,33H,1-7,11-12,19-26H2. The summed E-state index contributed by atoms with van der Waals surface area (Å²) < 4.78 is 26.5. The molecular weight excluding hydrogens is 514 g/mol. The van der Waals surface area contributed by atoms with E-state index in [0.717, 1.165) is 63.3 Å². The van der Waals surface area contributed by atoms with Gasteiger partial charge in [0.05, 0.1) is 11.8 Å². The number of unbranched alkanes of at least 4 members (excludes halogenated alkanes) is 8. The van der Waals surface area contributed by atoms with Crippen LogP contribution in [0.4, 0.5) is 0 Å². The molecule has 5 nitrogen and oxygen atoms in total. The fourth-order valence-corrected chi connectivity index (χ4v) is 7.09. The Labute approximate surface area is 236 Å². The zero-order valence-corrected chi connectivity index (χ0v) is 24.4. The predicted molar refractivity (Wildman–Crippen MR) is 159 cm³/mol. The van der Waals surface area contributed by atoms with Gasteiger partial charge in [0, 0.05) is 37.2 Å². The van der Waals surface area contributed by atoms with Crippen molar-refractivity contribution in [3.05, 3.63) is 70.7 Å². The monoisotopic (exact) mass is 559 g/mol. The second-order valence-electron chi connectivity index (χ2n) is 11.1. The average molecular weight is 560 g/mol. The third kappa shape index (κ3) is 10.3. The maximum absolute atomic E-state index is 11.9. The van der Waals surface area contributed by atoms with Crippen molar-refractivity contribution in [2.24, 2.45) is 0 Å². The fourth-order valence-electron chi connectivity index (χ4n) is 5.52. The molecule has 1 aliphatic heterocycles. The second-order valence-corrected chi connectivity index (χ2v) is 13.4. The topological polar surface area (TPSA) is 52.7 Å². The van der Waals surface area contributed by atoms with Crippen molar-refractivity contribution >= 4 is 21.6 Å². The quantitative estimate of drug-likeness (QED) is 0.221. The van der Waals surface area contributed by atoms with Crippen LogP contribution in [0.1, 0.15) is 87.8 Å². The number of hydrogen-bond acceptors (Lipinski definition) is 4. The second kappa shape index (κ2) is 15.4. The van der Waals surface area contributed by atoms with E-state index in [-0.39, 0.29) is 12.1 Å². The summed E-state index contributed by atoms with van der Waals surface area (Å²) in [5.74, 6) is 0.297. The minimum Gasteiger partial charge on any atom is -0.301 e. The highest BCUT2D eigenvalue weighted by atomic mass is 35.5. The van der Waals surface area contributed by atoms with E-state index < -0.39 is 10.0 Å². The molecule has 0 spiro atoms. The number of piperazine rings is 1. The molecule has 2 aromatic rings. The summed E-state index contributed by atoms with van der Waals surface area (Å²) in [6, 6.07) is 19.7. The molecule has 2 aromatic carbocycles. The molecule has 1 saturated heterocycles. The fraction of sp³-hybridized carbons (Fsp3) is 0.613. The number of rotatable bonds is 17. The van der Waals surface area contributed by atoms with Crippen LogP contribution in [-0.4, -0.2) is 62.7 Å². The average Bonchev–Trinajstić information content (AvgIpc) is 3.73. The van der Waals surface area contributed by atoms with Gasteiger partial charge in [0.1, 0.15) is 0 Å². The first-order valence-electron chi connectivity index (χ1n) is 14.8. The van der Waals surface area contributed by atoms with E-state index in [9.17, 15) is 8.42 Å². The van der Waals surface area contributed by atoms with E-state index in [2.05, 4.69) is 57.0 Å². The number of sulfonamides is 1. The van der Waals surface area contributed by atoms with Crippen molar-refractivity contribution in [2.45, 2.75) is 82.7 Å². The first kappa shape index (κ1) is 29.5. The zero-order chi connectivity index (χ0) is 26.6. The van der Waals surface area contributed by atoms with Gasteiger partial charge < -0.3 is 4.90 Å². The van der Waals surface area contributed by atoms with Gasteiger partial charge >= 0.3 is 0 Å². The Hall–Kier alpha value is -1.44. The van der Waals surface area contributed by atoms with Crippen LogP contribution in [0, 0.1) is 0 Å². The molecule has 4 rings (SSSR count).